The van der Waals surface area contributed by atoms with Gasteiger partial charge in [0.05, 0.1) is 0 Å². The third kappa shape index (κ3) is 5.05. The van der Waals surface area contributed by atoms with Crippen LogP contribution < -0.4 is 24.8 Å². The Morgan fingerprint density at radius 2 is 1.03 bits per heavy atom. The molecule has 4 aliphatic carbocycles. The molecule has 0 spiro atoms. The van der Waals surface area contributed by atoms with E-state index in [0.29, 0.717) is 0 Å². The Balaban J connectivity index is 0.00000160. The maximum Gasteiger partial charge on any atom is -1.00 e. The van der Waals surface area contributed by atoms with Crippen molar-refractivity contribution in [1.29, 1.82) is 0 Å². The van der Waals surface area contributed by atoms with Crippen LogP contribution in [0.2, 0.25) is 18.8 Å². The molecule has 0 radical (unpaired) electrons. The SMILES string of the molecule is CC(C)C1CC2C=CC=CC2[CH]1[Zr+2]([CH]1C2C=CC=CC2CC1C(C)C)=[Ge]([CH3])[CH3].[Cl-].[Cl-]. The largest absolute Gasteiger partial charge is 1.00 e. The van der Waals surface area contributed by atoms with Gasteiger partial charge in [0.15, 0.2) is 0 Å². The summed E-state index contributed by atoms with van der Waals surface area (Å²) in [7, 11) is -0.916. The standard InChI is InChI=1S/2C12H17.C2H6Ge.2ClH.Zr/c2*1-9(2)12-7-10-5-3-4-6-11(10)8-12;1-3-2;;;/h2*3-7,9-12H,8H2,1-2H3;1-2H3;2*1H;/q;;;;;+2/p-2. The molecule has 0 bridgehead atoms. The van der Waals surface area contributed by atoms with Crippen molar-refractivity contribution in [2.75, 3.05) is 0 Å². The number of hydrogen-bond donors (Lipinski definition) is 0. The van der Waals surface area contributed by atoms with Gasteiger partial charge in [-0.3, -0.25) is 0 Å². The van der Waals surface area contributed by atoms with Crippen LogP contribution in [0.1, 0.15) is 40.5 Å². The number of hydrogen-bond acceptors (Lipinski definition) is 0. The van der Waals surface area contributed by atoms with E-state index in [1.165, 1.54) is 12.8 Å². The summed E-state index contributed by atoms with van der Waals surface area (Å²) in [5, 5.41) is 0. The van der Waals surface area contributed by atoms with Gasteiger partial charge in [-0.1, -0.05) is 0 Å². The van der Waals surface area contributed by atoms with Crippen molar-refractivity contribution in [2.45, 2.75) is 59.3 Å². The normalized spacial score (nSPS) is 38.0. The Bertz CT molecular complexity index is 688. The van der Waals surface area contributed by atoms with Crippen LogP contribution in [0.5, 0.6) is 0 Å². The molecule has 8 unspecified atom stereocenters. The van der Waals surface area contributed by atoms with Crippen molar-refractivity contribution in [1.82, 2.24) is 0 Å². The predicted molar refractivity (Wildman–Crippen MR) is 121 cm³/mol. The molecule has 4 rings (SSSR count). The van der Waals surface area contributed by atoms with Crippen LogP contribution in [-0.4, -0.2) is 9.98 Å². The molecular formula is C26H40Cl2GeZr. The molecule has 2 fully saturated rings. The van der Waals surface area contributed by atoms with Crippen molar-refractivity contribution < 1.29 is 43.4 Å². The minimum atomic E-state index is -1.59. The second-order valence-electron chi connectivity index (χ2n) is 10.8. The number of halogens is 2. The van der Waals surface area contributed by atoms with Crippen molar-refractivity contribution in [3.8, 4) is 0 Å². The topological polar surface area (TPSA) is 0 Å². The van der Waals surface area contributed by atoms with Crippen molar-refractivity contribution in [3.63, 3.8) is 0 Å². The van der Waals surface area contributed by atoms with E-state index in [2.05, 4.69) is 87.8 Å². The van der Waals surface area contributed by atoms with Gasteiger partial charge in [0.2, 0.25) is 0 Å². The molecule has 2 saturated carbocycles. The molecule has 4 aliphatic rings. The molecule has 0 aromatic heterocycles. The summed E-state index contributed by atoms with van der Waals surface area (Å²) >= 11 is -1.59. The van der Waals surface area contributed by atoms with Gasteiger partial charge in [0.1, 0.15) is 0 Å². The first kappa shape index (κ1) is 27.2. The van der Waals surface area contributed by atoms with Gasteiger partial charge in [-0.25, -0.2) is 0 Å². The Labute approximate surface area is 207 Å². The first-order valence-corrected chi connectivity index (χ1v) is 26.2. The monoisotopic (exact) mass is 586 g/mol. The number of allylic oxidation sites excluding steroid dienone is 8. The second kappa shape index (κ2) is 11.4. The van der Waals surface area contributed by atoms with Gasteiger partial charge in [-0.05, 0) is 0 Å². The van der Waals surface area contributed by atoms with Crippen LogP contribution in [0.4, 0.5) is 0 Å². The van der Waals surface area contributed by atoms with Gasteiger partial charge in [-0.15, -0.1) is 0 Å². The summed E-state index contributed by atoms with van der Waals surface area (Å²) in [4.78, 5) is 0. The van der Waals surface area contributed by atoms with E-state index >= 15 is 0 Å². The van der Waals surface area contributed by atoms with Gasteiger partial charge >= 0.3 is 184 Å². The van der Waals surface area contributed by atoms with Crippen molar-refractivity contribution in [2.24, 2.45) is 47.3 Å². The molecule has 0 heterocycles. The first-order valence-electron chi connectivity index (χ1n) is 11.8. The Hall–Kier alpha value is 0.966. The zero-order valence-corrected chi connectivity index (χ0v) is 25.6. The molecule has 0 amide bonds. The third-order valence-electron chi connectivity index (χ3n) is 8.44. The molecule has 30 heavy (non-hydrogen) atoms. The van der Waals surface area contributed by atoms with E-state index in [9.17, 15) is 0 Å². The fourth-order valence-electron chi connectivity index (χ4n) is 7.22. The smallest absolute Gasteiger partial charge is 1.00 e. The van der Waals surface area contributed by atoms with E-state index in [4.69, 9.17) is 0 Å². The molecule has 0 nitrogen and oxygen atoms in total. The minimum absolute atomic E-state index is 0. The molecule has 8 atom stereocenters. The van der Waals surface area contributed by atoms with Gasteiger partial charge in [-0.2, -0.15) is 0 Å². The molecule has 0 aromatic carbocycles. The van der Waals surface area contributed by atoms with Gasteiger partial charge in [0, 0.05) is 0 Å². The van der Waals surface area contributed by atoms with Gasteiger partial charge < -0.3 is 24.8 Å². The second-order valence-corrected chi connectivity index (χ2v) is 40.5. The third-order valence-corrected chi connectivity index (χ3v) is 41.4. The maximum atomic E-state index is 2.79. The van der Waals surface area contributed by atoms with E-state index in [0.717, 1.165) is 54.6 Å². The summed E-state index contributed by atoms with van der Waals surface area (Å²) in [6.07, 6.45) is 22.9. The first-order chi connectivity index (χ1) is 13.4. The van der Waals surface area contributed by atoms with Crippen molar-refractivity contribution >= 4 is 9.98 Å². The van der Waals surface area contributed by atoms with Crippen LogP contribution in [0, 0.1) is 47.3 Å². The van der Waals surface area contributed by atoms with Crippen LogP contribution in [-0.2, 0) is 18.6 Å². The zero-order valence-electron chi connectivity index (χ0n) is 19.6. The van der Waals surface area contributed by atoms with Crippen LogP contribution in [0.15, 0.2) is 48.6 Å². The number of rotatable bonds is 4. The summed E-state index contributed by atoms with van der Waals surface area (Å²) < 4.78 is 2.23. The quantitative estimate of drug-likeness (QED) is 0.438. The Morgan fingerprint density at radius 3 is 1.37 bits per heavy atom. The maximum absolute atomic E-state index is 2.79. The molecule has 0 aliphatic heterocycles. The summed E-state index contributed by atoms with van der Waals surface area (Å²) in [6, 6.07) is 0. The van der Waals surface area contributed by atoms with Crippen LogP contribution in [0.3, 0.4) is 0 Å². The van der Waals surface area contributed by atoms with E-state index in [1.807, 2.05) is 0 Å². The molecule has 0 saturated heterocycles. The summed E-state index contributed by atoms with van der Waals surface area (Å²) in [6.45, 7) is 10.1. The minimum Gasteiger partial charge on any atom is -1.00 e. The van der Waals surface area contributed by atoms with Gasteiger partial charge in [0.25, 0.3) is 0 Å². The fraction of sp³-hybridized carbons (Fsp3) is 0.692. The molecule has 0 N–H and O–H groups in total. The molecular weight excluding hydrogens is 547 g/mol. The summed E-state index contributed by atoms with van der Waals surface area (Å²) in [5.41, 5.74) is 0. The number of fused-ring (bicyclic) bond motifs is 2. The van der Waals surface area contributed by atoms with Crippen LogP contribution in [0.25, 0.3) is 0 Å². The fourth-order valence-corrected chi connectivity index (χ4v) is 46.9. The zero-order chi connectivity index (χ0) is 20.0. The summed E-state index contributed by atoms with van der Waals surface area (Å²) in [5.74, 6) is 12.8. The Morgan fingerprint density at radius 1 is 0.667 bits per heavy atom. The average Bonchev–Trinajstić information content (AvgIpc) is 3.22. The van der Waals surface area contributed by atoms with E-state index in [-0.39, 0.29) is 24.8 Å². The molecule has 0 aromatic rings. The molecule has 166 valence electrons. The van der Waals surface area contributed by atoms with Crippen molar-refractivity contribution in [3.05, 3.63) is 48.6 Å². The van der Waals surface area contributed by atoms with E-state index < -0.39 is 28.6 Å². The van der Waals surface area contributed by atoms with E-state index in [1.54, 1.807) is 0 Å². The predicted octanol–water partition coefficient (Wildman–Crippen LogP) is 1.51. The Kier molecular flexibility index (Phi) is 10.3. The van der Waals surface area contributed by atoms with Crippen LogP contribution >= 0.6 is 0 Å². The molecule has 4 heteroatoms. The average molecular weight is 587 g/mol.